The van der Waals surface area contributed by atoms with Crippen molar-refractivity contribution >= 4 is 27.3 Å². The second kappa shape index (κ2) is 5.31. The average Bonchev–Trinajstić information content (AvgIpc) is 3.03. The summed E-state index contributed by atoms with van der Waals surface area (Å²) in [5, 5.41) is 13.5. The molecule has 2 aromatic rings. The van der Waals surface area contributed by atoms with Crippen molar-refractivity contribution in [1.29, 1.82) is 0 Å². The molecule has 0 saturated heterocycles. The molecule has 1 aromatic carbocycles. The van der Waals surface area contributed by atoms with Crippen molar-refractivity contribution in [3.05, 3.63) is 35.2 Å². The Bertz CT molecular complexity index is 560. The predicted molar refractivity (Wildman–Crippen MR) is 77.5 cm³/mol. The van der Waals surface area contributed by atoms with Gasteiger partial charge in [-0.05, 0) is 30.4 Å². The van der Waals surface area contributed by atoms with Gasteiger partial charge in [0.25, 0.3) is 5.91 Å². The Kier molecular flexibility index (Phi) is 3.53. The summed E-state index contributed by atoms with van der Waals surface area (Å²) >= 11 is 1.52. The molecule has 3 rings (SSSR count). The van der Waals surface area contributed by atoms with Gasteiger partial charge in [0.2, 0.25) is 0 Å². The van der Waals surface area contributed by atoms with Gasteiger partial charge in [0.1, 0.15) is 0 Å². The van der Waals surface area contributed by atoms with E-state index in [4.69, 9.17) is 0 Å². The van der Waals surface area contributed by atoms with Gasteiger partial charge in [-0.2, -0.15) is 0 Å². The first-order chi connectivity index (χ1) is 9.28. The summed E-state index contributed by atoms with van der Waals surface area (Å²) in [5.74, 6) is 0.213. The highest BCUT2D eigenvalue weighted by Gasteiger charge is 2.28. The van der Waals surface area contributed by atoms with Crippen LogP contribution in [0, 0.1) is 5.92 Å². The number of carbonyl (C=O) groups is 1. The number of hydrogen-bond acceptors (Lipinski definition) is 3. The van der Waals surface area contributed by atoms with E-state index in [0.717, 1.165) is 34.2 Å². The lowest BCUT2D eigenvalue weighted by Gasteiger charge is -2.18. The number of nitrogens with one attached hydrogen (secondary N) is 1. The Morgan fingerprint density at radius 3 is 3.00 bits per heavy atom. The number of amides is 1. The summed E-state index contributed by atoms with van der Waals surface area (Å²) in [6.45, 7) is 0.164. The molecule has 2 unspecified atom stereocenters. The van der Waals surface area contributed by atoms with Gasteiger partial charge < -0.3 is 10.4 Å². The van der Waals surface area contributed by atoms with Crippen molar-refractivity contribution < 1.29 is 9.90 Å². The highest BCUT2D eigenvalue weighted by atomic mass is 32.1. The van der Waals surface area contributed by atoms with E-state index in [9.17, 15) is 9.90 Å². The second-order valence-electron chi connectivity index (χ2n) is 5.10. The minimum absolute atomic E-state index is 0.00782. The molecule has 0 bridgehead atoms. The number of hydrogen-bond donors (Lipinski definition) is 2. The van der Waals surface area contributed by atoms with Gasteiger partial charge >= 0.3 is 0 Å². The number of fused-ring (bicyclic) bond motifs is 1. The SMILES string of the molecule is O=C(NC1CCCC1CO)c1cc2ccccc2s1. The Balaban J connectivity index is 1.76. The molecule has 3 nitrogen and oxygen atoms in total. The van der Waals surface area contributed by atoms with Crippen molar-refractivity contribution in [2.24, 2.45) is 5.92 Å². The van der Waals surface area contributed by atoms with Crippen LogP contribution in [0.1, 0.15) is 28.9 Å². The van der Waals surface area contributed by atoms with Gasteiger partial charge in [-0.25, -0.2) is 0 Å². The number of aliphatic hydroxyl groups excluding tert-OH is 1. The van der Waals surface area contributed by atoms with Gasteiger partial charge in [-0.3, -0.25) is 4.79 Å². The summed E-state index contributed by atoms with van der Waals surface area (Å²) in [7, 11) is 0. The molecule has 100 valence electrons. The molecule has 4 heteroatoms. The molecule has 1 aliphatic rings. The Labute approximate surface area is 116 Å². The van der Waals surface area contributed by atoms with Gasteiger partial charge in [0.05, 0.1) is 4.88 Å². The maximum absolute atomic E-state index is 12.2. The molecule has 0 spiro atoms. The molecule has 1 aliphatic carbocycles. The third kappa shape index (κ3) is 2.51. The van der Waals surface area contributed by atoms with Crippen molar-refractivity contribution in [2.75, 3.05) is 6.61 Å². The van der Waals surface area contributed by atoms with Crippen molar-refractivity contribution in [3.8, 4) is 0 Å². The second-order valence-corrected chi connectivity index (χ2v) is 6.19. The van der Waals surface area contributed by atoms with E-state index in [1.165, 1.54) is 11.3 Å². The smallest absolute Gasteiger partial charge is 0.261 e. The van der Waals surface area contributed by atoms with Crippen molar-refractivity contribution in [2.45, 2.75) is 25.3 Å². The molecule has 2 atom stereocenters. The quantitative estimate of drug-likeness (QED) is 0.905. The minimum Gasteiger partial charge on any atom is -0.396 e. The molecule has 1 fully saturated rings. The zero-order chi connectivity index (χ0) is 13.2. The number of benzene rings is 1. The molecule has 1 saturated carbocycles. The Hall–Kier alpha value is -1.39. The summed E-state index contributed by atoms with van der Waals surface area (Å²) in [5.41, 5.74) is 0. The zero-order valence-corrected chi connectivity index (χ0v) is 11.5. The van der Waals surface area contributed by atoms with E-state index in [2.05, 4.69) is 5.32 Å². The number of thiophene rings is 1. The molecule has 0 aliphatic heterocycles. The van der Waals surface area contributed by atoms with Crippen LogP contribution in [-0.2, 0) is 0 Å². The Morgan fingerprint density at radius 2 is 2.21 bits per heavy atom. The first-order valence-corrected chi connectivity index (χ1v) is 7.50. The zero-order valence-electron chi connectivity index (χ0n) is 10.6. The topological polar surface area (TPSA) is 49.3 Å². The summed E-state index contributed by atoms with van der Waals surface area (Å²) < 4.78 is 1.14. The molecule has 1 amide bonds. The molecule has 0 radical (unpaired) electrons. The summed E-state index contributed by atoms with van der Waals surface area (Å²) in [4.78, 5) is 13.0. The van der Waals surface area contributed by atoms with Gasteiger partial charge in [-0.1, -0.05) is 24.6 Å². The highest BCUT2D eigenvalue weighted by molar-refractivity contribution is 7.20. The van der Waals surface area contributed by atoms with Crippen LogP contribution < -0.4 is 5.32 Å². The lowest BCUT2D eigenvalue weighted by atomic mass is 10.1. The van der Waals surface area contributed by atoms with E-state index in [1.807, 2.05) is 30.3 Å². The fraction of sp³-hybridized carbons (Fsp3) is 0.400. The van der Waals surface area contributed by atoms with E-state index < -0.39 is 0 Å². The van der Waals surface area contributed by atoms with E-state index in [-0.39, 0.29) is 24.5 Å². The lowest BCUT2D eigenvalue weighted by molar-refractivity contribution is 0.0920. The van der Waals surface area contributed by atoms with Crippen LogP contribution in [0.5, 0.6) is 0 Å². The van der Waals surface area contributed by atoms with Crippen LogP contribution in [0.3, 0.4) is 0 Å². The molecular weight excluding hydrogens is 258 g/mol. The fourth-order valence-electron chi connectivity index (χ4n) is 2.78. The van der Waals surface area contributed by atoms with Crippen LogP contribution >= 0.6 is 11.3 Å². The standard InChI is InChI=1S/C15H17NO2S/c17-9-11-5-3-6-12(11)16-15(18)14-8-10-4-1-2-7-13(10)19-14/h1-2,4,7-8,11-12,17H,3,5-6,9H2,(H,16,18). The van der Waals surface area contributed by atoms with Crippen molar-refractivity contribution in [3.63, 3.8) is 0 Å². The maximum atomic E-state index is 12.2. The molecule has 1 heterocycles. The van der Waals surface area contributed by atoms with E-state index >= 15 is 0 Å². The third-order valence-electron chi connectivity index (χ3n) is 3.86. The van der Waals surface area contributed by atoms with Crippen molar-refractivity contribution in [1.82, 2.24) is 5.32 Å². The number of aliphatic hydroxyl groups is 1. The highest BCUT2D eigenvalue weighted by Crippen LogP contribution is 2.28. The molecule has 1 aromatic heterocycles. The first-order valence-electron chi connectivity index (χ1n) is 6.68. The number of rotatable bonds is 3. The molecule has 19 heavy (non-hydrogen) atoms. The summed E-state index contributed by atoms with van der Waals surface area (Å²) in [6, 6.07) is 10.1. The van der Waals surface area contributed by atoms with Gasteiger partial charge in [0, 0.05) is 23.3 Å². The third-order valence-corrected chi connectivity index (χ3v) is 4.97. The van der Waals surface area contributed by atoms with E-state index in [1.54, 1.807) is 0 Å². The predicted octanol–water partition coefficient (Wildman–Crippen LogP) is 2.79. The summed E-state index contributed by atoms with van der Waals surface area (Å²) in [6.07, 6.45) is 3.07. The van der Waals surface area contributed by atoms with Crippen LogP contribution in [0.25, 0.3) is 10.1 Å². The van der Waals surface area contributed by atoms with Crippen LogP contribution in [-0.4, -0.2) is 23.7 Å². The van der Waals surface area contributed by atoms with E-state index in [0.29, 0.717) is 0 Å². The monoisotopic (exact) mass is 275 g/mol. The maximum Gasteiger partial charge on any atom is 0.261 e. The fourth-order valence-corrected chi connectivity index (χ4v) is 3.74. The van der Waals surface area contributed by atoms with Gasteiger partial charge in [0.15, 0.2) is 0 Å². The van der Waals surface area contributed by atoms with Gasteiger partial charge in [-0.15, -0.1) is 11.3 Å². The number of carbonyl (C=O) groups excluding carboxylic acids is 1. The Morgan fingerprint density at radius 1 is 1.37 bits per heavy atom. The van der Waals surface area contributed by atoms with Crippen LogP contribution in [0.2, 0.25) is 0 Å². The van der Waals surface area contributed by atoms with Crippen LogP contribution in [0.4, 0.5) is 0 Å². The van der Waals surface area contributed by atoms with Crippen LogP contribution in [0.15, 0.2) is 30.3 Å². The molecule has 2 N–H and O–H groups in total. The average molecular weight is 275 g/mol. The minimum atomic E-state index is -0.00782. The normalized spacial score (nSPS) is 22.8. The first kappa shape index (κ1) is 12.6. The molecular formula is C15H17NO2S. The largest absolute Gasteiger partial charge is 0.396 e. The lowest BCUT2D eigenvalue weighted by Crippen LogP contribution is -2.38.